The van der Waals surface area contributed by atoms with Crippen molar-refractivity contribution in [2.45, 2.75) is 51.5 Å². The van der Waals surface area contributed by atoms with Gasteiger partial charge >= 0.3 is 0 Å². The Bertz CT molecular complexity index is 1190. The first-order chi connectivity index (χ1) is 15.5. The van der Waals surface area contributed by atoms with Crippen LogP contribution in [0.4, 0.5) is 5.95 Å². The van der Waals surface area contributed by atoms with E-state index in [0.717, 1.165) is 38.8 Å². The SMILES string of the molecule is CCCCN(CCCC)c1nc2c(C#N)c(SC)nc(C)c2c(=O)n1-c1ccc(Cl)cc1. The Balaban J connectivity index is 2.42. The summed E-state index contributed by atoms with van der Waals surface area (Å²) in [5.74, 6) is 0.556. The van der Waals surface area contributed by atoms with Crippen LogP contribution in [0.2, 0.25) is 5.02 Å². The van der Waals surface area contributed by atoms with E-state index in [1.807, 2.05) is 18.4 Å². The van der Waals surface area contributed by atoms with Gasteiger partial charge in [-0.1, -0.05) is 38.3 Å². The highest BCUT2D eigenvalue weighted by Gasteiger charge is 2.23. The first kappa shape index (κ1) is 24.1. The van der Waals surface area contributed by atoms with Crippen molar-refractivity contribution in [3.8, 4) is 11.8 Å². The number of fused-ring (bicyclic) bond motifs is 1. The molecule has 0 N–H and O–H groups in total. The Kier molecular flexibility index (Phi) is 8.16. The van der Waals surface area contributed by atoms with Gasteiger partial charge in [0.1, 0.15) is 22.2 Å². The van der Waals surface area contributed by atoms with E-state index in [1.165, 1.54) is 11.8 Å². The number of hydrogen-bond acceptors (Lipinski definition) is 6. The third kappa shape index (κ3) is 4.77. The Labute approximate surface area is 198 Å². The summed E-state index contributed by atoms with van der Waals surface area (Å²) in [6, 6.07) is 9.41. The monoisotopic (exact) mass is 469 g/mol. The number of aryl methyl sites for hydroxylation is 1. The van der Waals surface area contributed by atoms with E-state index >= 15 is 0 Å². The lowest BCUT2D eigenvalue weighted by molar-refractivity contribution is 0.653. The van der Waals surface area contributed by atoms with Crippen molar-refractivity contribution < 1.29 is 0 Å². The van der Waals surface area contributed by atoms with Crippen LogP contribution in [0.3, 0.4) is 0 Å². The van der Waals surface area contributed by atoms with Crippen LogP contribution in [0.15, 0.2) is 34.1 Å². The van der Waals surface area contributed by atoms with Crippen LogP contribution in [-0.2, 0) is 0 Å². The summed E-state index contributed by atoms with van der Waals surface area (Å²) in [6.07, 6.45) is 5.90. The van der Waals surface area contributed by atoms with Gasteiger partial charge in [0.15, 0.2) is 0 Å². The molecule has 0 saturated heterocycles. The molecular weight excluding hydrogens is 442 g/mol. The van der Waals surface area contributed by atoms with Gasteiger partial charge in [-0.3, -0.25) is 4.79 Å². The van der Waals surface area contributed by atoms with Crippen molar-refractivity contribution in [1.29, 1.82) is 5.26 Å². The standard InChI is InChI=1S/C24H28ClN5OS/c1-5-7-13-29(14-8-6-2)24-28-21-19(15-26)22(32-4)27-16(3)20(21)23(31)30(24)18-11-9-17(25)10-12-18/h9-12H,5-8,13-14H2,1-4H3. The van der Waals surface area contributed by atoms with E-state index in [4.69, 9.17) is 16.6 Å². The molecule has 32 heavy (non-hydrogen) atoms. The third-order valence-corrected chi connectivity index (χ3v) is 6.32. The van der Waals surface area contributed by atoms with Gasteiger partial charge in [0.2, 0.25) is 5.95 Å². The maximum Gasteiger partial charge on any atom is 0.269 e. The molecule has 0 unspecified atom stereocenters. The Morgan fingerprint density at radius 2 is 1.75 bits per heavy atom. The van der Waals surface area contributed by atoms with Crippen LogP contribution in [0.25, 0.3) is 16.6 Å². The van der Waals surface area contributed by atoms with E-state index in [2.05, 4.69) is 29.8 Å². The second kappa shape index (κ2) is 10.8. The summed E-state index contributed by atoms with van der Waals surface area (Å²) in [4.78, 5) is 25.5. The second-order valence-electron chi connectivity index (χ2n) is 7.64. The van der Waals surface area contributed by atoms with Gasteiger partial charge in [0.25, 0.3) is 5.56 Å². The summed E-state index contributed by atoms with van der Waals surface area (Å²) in [7, 11) is 0. The largest absolute Gasteiger partial charge is 0.342 e. The first-order valence-electron chi connectivity index (χ1n) is 10.9. The molecule has 1 aromatic carbocycles. The zero-order chi connectivity index (χ0) is 23.3. The molecule has 0 aliphatic rings. The third-order valence-electron chi connectivity index (χ3n) is 5.38. The normalized spacial score (nSPS) is 11.0. The average molecular weight is 470 g/mol. The molecule has 0 saturated carbocycles. The number of rotatable bonds is 9. The number of benzene rings is 1. The maximum absolute atomic E-state index is 13.9. The molecule has 168 valence electrons. The smallest absolute Gasteiger partial charge is 0.269 e. The van der Waals surface area contributed by atoms with Crippen LogP contribution < -0.4 is 10.5 Å². The van der Waals surface area contributed by atoms with Crippen molar-refractivity contribution >= 4 is 40.2 Å². The topological polar surface area (TPSA) is 74.8 Å². The molecular formula is C24H28ClN5OS. The van der Waals surface area contributed by atoms with Crippen LogP contribution in [-0.4, -0.2) is 33.9 Å². The fraction of sp³-hybridized carbons (Fsp3) is 0.417. The maximum atomic E-state index is 13.9. The van der Waals surface area contributed by atoms with Gasteiger partial charge in [-0.15, -0.1) is 11.8 Å². The second-order valence-corrected chi connectivity index (χ2v) is 8.87. The number of unbranched alkanes of at least 4 members (excludes halogenated alkanes) is 2. The number of halogens is 1. The van der Waals surface area contributed by atoms with Gasteiger partial charge in [-0.2, -0.15) is 5.26 Å². The molecule has 2 aromatic heterocycles. The van der Waals surface area contributed by atoms with Crippen LogP contribution >= 0.6 is 23.4 Å². The Hall–Kier alpha value is -2.56. The minimum atomic E-state index is -0.223. The van der Waals surface area contributed by atoms with Gasteiger partial charge in [-0.25, -0.2) is 14.5 Å². The molecule has 0 atom stereocenters. The van der Waals surface area contributed by atoms with Crippen LogP contribution in [0, 0.1) is 18.3 Å². The minimum absolute atomic E-state index is 0.223. The zero-order valence-electron chi connectivity index (χ0n) is 19.0. The van der Waals surface area contributed by atoms with Crippen LogP contribution in [0.5, 0.6) is 0 Å². The van der Waals surface area contributed by atoms with E-state index in [1.54, 1.807) is 23.6 Å². The molecule has 6 nitrogen and oxygen atoms in total. The number of aromatic nitrogens is 3. The molecule has 3 rings (SSSR count). The van der Waals surface area contributed by atoms with Crippen molar-refractivity contribution in [3.05, 3.63) is 50.9 Å². The molecule has 0 aliphatic carbocycles. The van der Waals surface area contributed by atoms with Gasteiger partial charge < -0.3 is 4.90 Å². The fourth-order valence-electron chi connectivity index (χ4n) is 3.68. The lowest BCUT2D eigenvalue weighted by Gasteiger charge is -2.27. The summed E-state index contributed by atoms with van der Waals surface area (Å²) < 4.78 is 1.64. The average Bonchev–Trinajstić information content (AvgIpc) is 2.79. The quantitative estimate of drug-likeness (QED) is 0.372. The molecule has 2 heterocycles. The summed E-state index contributed by atoms with van der Waals surface area (Å²) in [5.41, 5.74) is 1.81. The predicted molar refractivity (Wildman–Crippen MR) is 133 cm³/mol. The molecule has 0 radical (unpaired) electrons. The minimum Gasteiger partial charge on any atom is -0.342 e. The highest BCUT2D eigenvalue weighted by Crippen LogP contribution is 2.28. The summed E-state index contributed by atoms with van der Waals surface area (Å²) in [6.45, 7) is 7.65. The van der Waals surface area contributed by atoms with Gasteiger partial charge in [-0.05, 0) is 50.3 Å². The number of pyridine rings is 1. The van der Waals surface area contributed by atoms with Gasteiger partial charge in [0.05, 0.1) is 16.8 Å². The Morgan fingerprint density at radius 1 is 1.12 bits per heavy atom. The van der Waals surface area contributed by atoms with Crippen molar-refractivity contribution in [2.24, 2.45) is 0 Å². The van der Waals surface area contributed by atoms with E-state index in [9.17, 15) is 10.1 Å². The molecule has 0 amide bonds. The number of thioether (sulfide) groups is 1. The lowest BCUT2D eigenvalue weighted by Crippen LogP contribution is -2.34. The summed E-state index contributed by atoms with van der Waals surface area (Å²) in [5, 5.41) is 11.4. The highest BCUT2D eigenvalue weighted by molar-refractivity contribution is 7.98. The lowest BCUT2D eigenvalue weighted by atomic mass is 10.1. The number of nitrogens with zero attached hydrogens (tertiary/aromatic N) is 5. The van der Waals surface area contributed by atoms with Crippen molar-refractivity contribution in [2.75, 3.05) is 24.2 Å². The van der Waals surface area contributed by atoms with Crippen LogP contribution in [0.1, 0.15) is 50.8 Å². The molecule has 3 aromatic rings. The number of anilines is 1. The number of hydrogen-bond donors (Lipinski definition) is 0. The zero-order valence-corrected chi connectivity index (χ0v) is 20.6. The van der Waals surface area contributed by atoms with Crippen molar-refractivity contribution in [1.82, 2.24) is 14.5 Å². The first-order valence-corrected chi connectivity index (χ1v) is 12.5. The number of nitriles is 1. The van der Waals surface area contributed by atoms with Gasteiger partial charge in [0, 0.05) is 18.1 Å². The van der Waals surface area contributed by atoms with E-state index in [-0.39, 0.29) is 5.56 Å². The predicted octanol–water partition coefficient (Wildman–Crippen LogP) is 5.74. The van der Waals surface area contributed by atoms with E-state index < -0.39 is 0 Å². The molecule has 0 fully saturated rings. The highest BCUT2D eigenvalue weighted by atomic mass is 35.5. The van der Waals surface area contributed by atoms with Crippen molar-refractivity contribution in [3.63, 3.8) is 0 Å². The Morgan fingerprint density at radius 3 is 2.28 bits per heavy atom. The molecule has 8 heteroatoms. The molecule has 0 bridgehead atoms. The fourth-order valence-corrected chi connectivity index (χ4v) is 4.38. The summed E-state index contributed by atoms with van der Waals surface area (Å²) >= 11 is 7.50. The molecule has 0 aliphatic heterocycles. The van der Waals surface area contributed by atoms with E-state index in [0.29, 0.717) is 43.8 Å². The molecule has 0 spiro atoms.